The van der Waals surface area contributed by atoms with Crippen LogP contribution in [-0.4, -0.2) is 38.6 Å². The second-order valence-electron chi connectivity index (χ2n) is 8.72. The van der Waals surface area contributed by atoms with Crippen LogP contribution < -0.4 is 4.90 Å². The van der Waals surface area contributed by atoms with Crippen LogP contribution in [0.2, 0.25) is 0 Å². The molecule has 1 aliphatic carbocycles. The van der Waals surface area contributed by atoms with Crippen molar-refractivity contribution in [3.8, 4) is 22.8 Å². The Labute approximate surface area is 177 Å². The van der Waals surface area contributed by atoms with Gasteiger partial charge >= 0.3 is 0 Å². The number of nitrogens with zero attached hydrogens (tertiary/aromatic N) is 6. The van der Waals surface area contributed by atoms with Gasteiger partial charge < -0.3 is 4.90 Å². The van der Waals surface area contributed by atoms with Crippen molar-refractivity contribution in [2.75, 3.05) is 19.0 Å². The molecule has 0 N–H and O–H groups in total. The number of anilines is 1. The Hall–Kier alpha value is -2.70. The van der Waals surface area contributed by atoms with E-state index in [0.29, 0.717) is 28.9 Å². The summed E-state index contributed by atoms with van der Waals surface area (Å²) >= 11 is 0. The van der Waals surface area contributed by atoms with E-state index >= 15 is 0 Å². The van der Waals surface area contributed by atoms with Gasteiger partial charge in [0, 0.05) is 32.4 Å². The number of aryl methyl sites for hydroxylation is 1. The van der Waals surface area contributed by atoms with Gasteiger partial charge in [0.2, 0.25) is 0 Å². The van der Waals surface area contributed by atoms with Crippen LogP contribution in [0.15, 0.2) is 30.6 Å². The Morgan fingerprint density at radius 3 is 2.47 bits per heavy atom. The third-order valence-corrected chi connectivity index (χ3v) is 6.30. The van der Waals surface area contributed by atoms with Gasteiger partial charge in [-0.05, 0) is 49.8 Å². The van der Waals surface area contributed by atoms with E-state index in [4.69, 9.17) is 10.1 Å². The maximum Gasteiger partial charge on any atom is 0.181 e. The van der Waals surface area contributed by atoms with Crippen LogP contribution in [0.25, 0.3) is 22.8 Å². The van der Waals surface area contributed by atoms with Crippen molar-refractivity contribution in [3.05, 3.63) is 36.4 Å². The molecule has 160 valence electrons. The molecule has 0 radical (unpaired) electrons. The van der Waals surface area contributed by atoms with Crippen LogP contribution in [0.1, 0.15) is 46.1 Å². The van der Waals surface area contributed by atoms with Crippen LogP contribution in [0.3, 0.4) is 0 Å². The van der Waals surface area contributed by atoms with Crippen molar-refractivity contribution in [1.29, 1.82) is 0 Å². The molecule has 0 saturated heterocycles. The molecule has 0 spiro atoms. The van der Waals surface area contributed by atoms with Crippen molar-refractivity contribution in [1.82, 2.24) is 24.5 Å². The van der Waals surface area contributed by atoms with Crippen LogP contribution in [0, 0.1) is 17.7 Å². The fraction of sp³-hybridized carbons (Fsp3) is 0.522. The van der Waals surface area contributed by atoms with E-state index < -0.39 is 0 Å². The SMILES string of the molecule is CCn1cc(-c2nc(-c3ccc(N(C)C)c(F)c3)nn2C2C(C)CCCC2C)cn1. The Morgan fingerprint density at radius 2 is 1.87 bits per heavy atom. The van der Waals surface area contributed by atoms with E-state index in [1.165, 1.54) is 25.3 Å². The van der Waals surface area contributed by atoms with E-state index in [9.17, 15) is 4.39 Å². The lowest BCUT2D eigenvalue weighted by Crippen LogP contribution is -2.29. The quantitative estimate of drug-likeness (QED) is 0.592. The van der Waals surface area contributed by atoms with Gasteiger partial charge in [-0.15, -0.1) is 0 Å². The summed E-state index contributed by atoms with van der Waals surface area (Å²) in [5.41, 5.74) is 2.19. The highest BCUT2D eigenvalue weighted by Gasteiger charge is 2.33. The van der Waals surface area contributed by atoms with Gasteiger partial charge in [0.15, 0.2) is 11.6 Å². The van der Waals surface area contributed by atoms with Crippen LogP contribution in [0.5, 0.6) is 0 Å². The average molecular weight is 411 g/mol. The number of aromatic nitrogens is 5. The molecule has 30 heavy (non-hydrogen) atoms. The predicted octanol–water partition coefficient (Wildman–Crippen LogP) is 5.03. The summed E-state index contributed by atoms with van der Waals surface area (Å²) in [6, 6.07) is 5.48. The monoisotopic (exact) mass is 410 g/mol. The number of rotatable bonds is 5. The van der Waals surface area contributed by atoms with Crippen LogP contribution in [0.4, 0.5) is 10.1 Å². The summed E-state index contributed by atoms with van der Waals surface area (Å²) in [7, 11) is 3.67. The minimum Gasteiger partial charge on any atom is -0.375 e. The smallest absolute Gasteiger partial charge is 0.181 e. The zero-order valence-corrected chi connectivity index (χ0v) is 18.5. The summed E-state index contributed by atoms with van der Waals surface area (Å²) in [4.78, 5) is 6.64. The third-order valence-electron chi connectivity index (χ3n) is 6.30. The van der Waals surface area contributed by atoms with Crippen molar-refractivity contribution >= 4 is 5.69 Å². The maximum atomic E-state index is 14.6. The molecule has 2 unspecified atom stereocenters. The van der Waals surface area contributed by atoms with Gasteiger partial charge in [-0.2, -0.15) is 10.2 Å². The molecule has 2 atom stereocenters. The lowest BCUT2D eigenvalue weighted by atomic mass is 9.79. The molecule has 1 aromatic carbocycles. The third kappa shape index (κ3) is 3.73. The molecule has 2 heterocycles. The van der Waals surface area contributed by atoms with E-state index in [-0.39, 0.29) is 11.9 Å². The highest BCUT2D eigenvalue weighted by atomic mass is 19.1. The number of hydrogen-bond acceptors (Lipinski definition) is 4. The van der Waals surface area contributed by atoms with Crippen molar-refractivity contribution < 1.29 is 4.39 Å². The first-order valence-corrected chi connectivity index (χ1v) is 10.9. The molecule has 0 aliphatic heterocycles. The van der Waals surface area contributed by atoms with Crippen LogP contribution >= 0.6 is 0 Å². The van der Waals surface area contributed by atoms with E-state index in [0.717, 1.165) is 17.9 Å². The van der Waals surface area contributed by atoms with Gasteiger partial charge in [-0.25, -0.2) is 14.1 Å². The van der Waals surface area contributed by atoms with Crippen molar-refractivity contribution in [2.45, 2.75) is 52.6 Å². The van der Waals surface area contributed by atoms with Gasteiger partial charge in [-0.1, -0.05) is 20.3 Å². The van der Waals surface area contributed by atoms with E-state index in [2.05, 4.69) is 30.6 Å². The summed E-state index contributed by atoms with van der Waals surface area (Å²) in [6.45, 7) is 7.46. The fourth-order valence-corrected chi connectivity index (χ4v) is 4.66. The summed E-state index contributed by atoms with van der Waals surface area (Å²) < 4.78 is 18.6. The fourth-order valence-electron chi connectivity index (χ4n) is 4.66. The van der Waals surface area contributed by atoms with E-state index in [1.54, 1.807) is 11.0 Å². The highest BCUT2D eigenvalue weighted by Crippen LogP contribution is 2.40. The predicted molar refractivity (Wildman–Crippen MR) is 118 cm³/mol. The molecular formula is C23H31FN6. The molecule has 3 aromatic rings. The van der Waals surface area contributed by atoms with E-state index in [1.807, 2.05) is 37.2 Å². The first-order valence-electron chi connectivity index (χ1n) is 10.9. The first kappa shape index (κ1) is 20.6. The average Bonchev–Trinajstić information content (AvgIpc) is 3.34. The molecule has 2 aromatic heterocycles. The molecule has 4 rings (SSSR count). The lowest BCUT2D eigenvalue weighted by molar-refractivity contribution is 0.172. The lowest BCUT2D eigenvalue weighted by Gasteiger charge is -2.35. The van der Waals surface area contributed by atoms with Gasteiger partial charge in [0.05, 0.1) is 23.5 Å². The number of hydrogen-bond donors (Lipinski definition) is 0. The molecule has 1 fully saturated rings. The summed E-state index contributed by atoms with van der Waals surface area (Å²) in [5.74, 6) is 2.12. The summed E-state index contributed by atoms with van der Waals surface area (Å²) in [6.07, 6.45) is 7.48. The maximum absolute atomic E-state index is 14.6. The molecule has 1 saturated carbocycles. The summed E-state index contributed by atoms with van der Waals surface area (Å²) in [5, 5.41) is 9.35. The molecule has 0 amide bonds. The first-order chi connectivity index (χ1) is 14.4. The Bertz CT molecular complexity index is 1010. The van der Waals surface area contributed by atoms with Crippen LogP contribution in [-0.2, 0) is 6.54 Å². The standard InChI is InChI=1S/C23H31FN6/c1-6-29-14-18(13-25-29)23-26-22(17-10-11-20(28(4)5)19(24)12-17)27-30(23)21-15(2)8-7-9-16(21)3/h10-16,21H,6-9H2,1-5H3. The molecule has 6 nitrogen and oxygen atoms in total. The number of halogens is 1. The van der Waals surface area contributed by atoms with Gasteiger partial charge in [0.1, 0.15) is 5.82 Å². The van der Waals surface area contributed by atoms with Gasteiger partial charge in [0.25, 0.3) is 0 Å². The molecule has 0 bridgehead atoms. The molecule has 1 aliphatic rings. The minimum absolute atomic E-state index is 0.269. The second-order valence-corrected chi connectivity index (χ2v) is 8.72. The van der Waals surface area contributed by atoms with Crippen molar-refractivity contribution in [2.24, 2.45) is 11.8 Å². The largest absolute Gasteiger partial charge is 0.375 e. The Balaban J connectivity index is 1.82. The highest BCUT2D eigenvalue weighted by molar-refractivity contribution is 5.64. The zero-order valence-electron chi connectivity index (χ0n) is 18.5. The van der Waals surface area contributed by atoms with Gasteiger partial charge in [-0.3, -0.25) is 4.68 Å². The molecular weight excluding hydrogens is 379 g/mol. The minimum atomic E-state index is -0.270. The second kappa shape index (κ2) is 8.20. The molecule has 7 heteroatoms. The van der Waals surface area contributed by atoms with Crippen molar-refractivity contribution in [3.63, 3.8) is 0 Å². The Morgan fingerprint density at radius 1 is 1.13 bits per heavy atom. The Kier molecular flexibility index (Phi) is 5.62. The normalized spacial score (nSPS) is 21.7. The number of benzene rings is 1. The topological polar surface area (TPSA) is 51.8 Å². The zero-order chi connectivity index (χ0) is 21.4.